The van der Waals surface area contributed by atoms with Gasteiger partial charge in [-0.2, -0.15) is 0 Å². The average molecular weight is 330 g/mol. The van der Waals surface area contributed by atoms with Crippen molar-refractivity contribution in [3.8, 4) is 0 Å². The lowest BCUT2D eigenvalue weighted by Gasteiger charge is -2.08. The van der Waals surface area contributed by atoms with Gasteiger partial charge in [0.05, 0.1) is 4.47 Å². The summed E-state index contributed by atoms with van der Waals surface area (Å²) >= 11 is 3.01. The van der Waals surface area contributed by atoms with E-state index >= 15 is 0 Å². The molecular formula is C14H11BrF3N. The van der Waals surface area contributed by atoms with Crippen molar-refractivity contribution >= 4 is 15.9 Å². The molecule has 2 rings (SSSR count). The molecule has 1 nitrogen and oxygen atoms in total. The number of benzene rings is 2. The molecule has 2 aromatic rings. The zero-order valence-electron chi connectivity index (χ0n) is 9.89. The van der Waals surface area contributed by atoms with Crippen LogP contribution in [-0.2, 0) is 13.1 Å². The van der Waals surface area contributed by atoms with Crippen molar-refractivity contribution in [1.82, 2.24) is 5.32 Å². The molecule has 0 aliphatic rings. The summed E-state index contributed by atoms with van der Waals surface area (Å²) in [7, 11) is 0. The molecule has 0 aliphatic carbocycles. The maximum atomic E-state index is 13.7. The van der Waals surface area contributed by atoms with Crippen LogP contribution >= 0.6 is 15.9 Å². The third-order valence-corrected chi connectivity index (χ3v) is 3.27. The molecule has 0 heterocycles. The number of rotatable bonds is 4. The Morgan fingerprint density at radius 3 is 2.53 bits per heavy atom. The minimum Gasteiger partial charge on any atom is -0.308 e. The summed E-state index contributed by atoms with van der Waals surface area (Å²) in [6, 6.07) is 8.57. The van der Waals surface area contributed by atoms with Crippen molar-refractivity contribution in [3.63, 3.8) is 0 Å². The first-order valence-electron chi connectivity index (χ1n) is 5.65. The zero-order chi connectivity index (χ0) is 13.8. The third-order valence-electron chi connectivity index (χ3n) is 2.66. The molecule has 100 valence electrons. The Bertz CT molecular complexity index is 587. The fourth-order valence-corrected chi connectivity index (χ4v) is 2.08. The second kappa shape index (κ2) is 6.21. The Hall–Kier alpha value is -1.33. The van der Waals surface area contributed by atoms with Gasteiger partial charge in [0.15, 0.2) is 0 Å². The molecular weight excluding hydrogens is 319 g/mol. The Morgan fingerprint density at radius 2 is 1.79 bits per heavy atom. The summed E-state index contributed by atoms with van der Waals surface area (Å²) in [4.78, 5) is 0. The summed E-state index contributed by atoms with van der Waals surface area (Å²) in [6.07, 6.45) is 0. The Kier molecular flexibility index (Phi) is 4.61. The molecule has 0 unspecified atom stereocenters. The van der Waals surface area contributed by atoms with Gasteiger partial charge >= 0.3 is 0 Å². The van der Waals surface area contributed by atoms with Crippen LogP contribution in [0.2, 0.25) is 0 Å². The third kappa shape index (κ3) is 3.58. The number of halogens is 4. The van der Waals surface area contributed by atoms with Crippen LogP contribution < -0.4 is 5.32 Å². The molecule has 19 heavy (non-hydrogen) atoms. The molecule has 0 atom stereocenters. The highest BCUT2D eigenvalue weighted by Crippen LogP contribution is 2.21. The van der Waals surface area contributed by atoms with Gasteiger partial charge in [0.25, 0.3) is 0 Å². The molecule has 5 heteroatoms. The van der Waals surface area contributed by atoms with Crippen molar-refractivity contribution in [2.24, 2.45) is 0 Å². The average Bonchev–Trinajstić information content (AvgIpc) is 2.38. The predicted octanol–water partition coefficient (Wildman–Crippen LogP) is 4.16. The van der Waals surface area contributed by atoms with Gasteiger partial charge in [-0.25, -0.2) is 13.2 Å². The van der Waals surface area contributed by atoms with Gasteiger partial charge in [0.2, 0.25) is 0 Å². The lowest BCUT2D eigenvalue weighted by molar-refractivity contribution is 0.531. The van der Waals surface area contributed by atoms with E-state index in [2.05, 4.69) is 21.2 Å². The monoisotopic (exact) mass is 329 g/mol. The minimum atomic E-state index is -0.619. The van der Waals surface area contributed by atoms with Crippen LogP contribution in [0, 0.1) is 17.5 Å². The van der Waals surface area contributed by atoms with E-state index < -0.39 is 11.6 Å². The zero-order valence-corrected chi connectivity index (χ0v) is 11.5. The molecule has 0 bridgehead atoms. The summed E-state index contributed by atoms with van der Waals surface area (Å²) in [5.74, 6) is -1.56. The van der Waals surface area contributed by atoms with Gasteiger partial charge in [-0.1, -0.05) is 12.1 Å². The van der Waals surface area contributed by atoms with E-state index in [1.807, 2.05) is 0 Å². The number of nitrogens with one attached hydrogen (secondary N) is 1. The topological polar surface area (TPSA) is 12.0 Å². The molecule has 0 amide bonds. The van der Waals surface area contributed by atoms with Gasteiger partial charge in [-0.05, 0) is 45.8 Å². The predicted molar refractivity (Wildman–Crippen MR) is 71.0 cm³/mol. The smallest absolute Gasteiger partial charge is 0.144 e. The Balaban J connectivity index is 2.02. The number of hydrogen-bond donors (Lipinski definition) is 1. The van der Waals surface area contributed by atoms with Crippen molar-refractivity contribution in [2.75, 3.05) is 0 Å². The van der Waals surface area contributed by atoms with Gasteiger partial charge in [0, 0.05) is 18.7 Å². The fraction of sp³-hybridized carbons (Fsp3) is 0.143. The lowest BCUT2D eigenvalue weighted by atomic mass is 10.2. The molecule has 0 aromatic heterocycles. The highest BCUT2D eigenvalue weighted by molar-refractivity contribution is 9.10. The van der Waals surface area contributed by atoms with E-state index in [9.17, 15) is 13.2 Å². The van der Waals surface area contributed by atoms with E-state index in [-0.39, 0.29) is 22.4 Å². The molecule has 0 aliphatic heterocycles. The van der Waals surface area contributed by atoms with E-state index in [1.165, 1.54) is 24.3 Å². The summed E-state index contributed by atoms with van der Waals surface area (Å²) in [5, 5.41) is 2.89. The van der Waals surface area contributed by atoms with Crippen LogP contribution in [0.1, 0.15) is 11.1 Å². The first-order chi connectivity index (χ1) is 9.08. The van der Waals surface area contributed by atoms with Crippen molar-refractivity contribution in [2.45, 2.75) is 13.1 Å². The maximum absolute atomic E-state index is 13.7. The highest BCUT2D eigenvalue weighted by atomic mass is 79.9. The quantitative estimate of drug-likeness (QED) is 0.830. The SMILES string of the molecule is Fc1cccc(CNCc2c(F)ccc(Br)c2F)c1. The van der Waals surface area contributed by atoms with Crippen LogP contribution in [-0.4, -0.2) is 0 Å². The fourth-order valence-electron chi connectivity index (χ4n) is 1.71. The molecule has 2 aromatic carbocycles. The molecule has 0 saturated heterocycles. The Morgan fingerprint density at radius 1 is 1.00 bits per heavy atom. The van der Waals surface area contributed by atoms with E-state index in [0.717, 1.165) is 5.56 Å². The molecule has 0 spiro atoms. The molecule has 0 saturated carbocycles. The second-order valence-electron chi connectivity index (χ2n) is 4.06. The molecule has 1 N–H and O–H groups in total. The maximum Gasteiger partial charge on any atom is 0.144 e. The van der Waals surface area contributed by atoms with Gasteiger partial charge in [-0.15, -0.1) is 0 Å². The van der Waals surface area contributed by atoms with Crippen molar-refractivity contribution in [3.05, 3.63) is 69.4 Å². The van der Waals surface area contributed by atoms with Crippen molar-refractivity contribution < 1.29 is 13.2 Å². The molecule has 0 fully saturated rings. The van der Waals surface area contributed by atoms with Gasteiger partial charge < -0.3 is 5.32 Å². The van der Waals surface area contributed by atoms with Crippen LogP contribution in [0.4, 0.5) is 13.2 Å². The first-order valence-corrected chi connectivity index (χ1v) is 6.45. The van der Waals surface area contributed by atoms with Crippen LogP contribution in [0.5, 0.6) is 0 Å². The van der Waals surface area contributed by atoms with Crippen LogP contribution in [0.25, 0.3) is 0 Å². The van der Waals surface area contributed by atoms with Crippen LogP contribution in [0.15, 0.2) is 40.9 Å². The Labute approximate surface area is 117 Å². The lowest BCUT2D eigenvalue weighted by Crippen LogP contribution is -2.15. The standard InChI is InChI=1S/C14H11BrF3N/c15-12-4-5-13(17)11(14(12)18)8-19-7-9-2-1-3-10(16)6-9/h1-6,19H,7-8H2. The summed E-state index contributed by atoms with van der Waals surface area (Å²) < 4.78 is 40.3. The van der Waals surface area contributed by atoms with E-state index in [1.54, 1.807) is 12.1 Å². The first kappa shape index (κ1) is 14.1. The van der Waals surface area contributed by atoms with Gasteiger partial charge in [-0.3, -0.25) is 0 Å². The van der Waals surface area contributed by atoms with Gasteiger partial charge in [0.1, 0.15) is 17.5 Å². The largest absolute Gasteiger partial charge is 0.308 e. The summed E-state index contributed by atoms with van der Waals surface area (Å²) in [6.45, 7) is 0.372. The normalized spacial score (nSPS) is 10.7. The highest BCUT2D eigenvalue weighted by Gasteiger charge is 2.11. The number of hydrogen-bond acceptors (Lipinski definition) is 1. The summed E-state index contributed by atoms with van der Waals surface area (Å²) in [5.41, 5.74) is 0.682. The van der Waals surface area contributed by atoms with Crippen molar-refractivity contribution in [1.29, 1.82) is 0 Å². The van der Waals surface area contributed by atoms with Crippen LogP contribution in [0.3, 0.4) is 0 Å². The second-order valence-corrected chi connectivity index (χ2v) is 4.91. The van der Waals surface area contributed by atoms with E-state index in [4.69, 9.17) is 0 Å². The van der Waals surface area contributed by atoms with E-state index in [0.29, 0.717) is 6.54 Å². The minimum absolute atomic E-state index is 0.0353. The molecule has 0 radical (unpaired) electrons.